The zero-order valence-corrected chi connectivity index (χ0v) is 15.9. The molecule has 0 aliphatic heterocycles. The van der Waals surface area contributed by atoms with Crippen molar-refractivity contribution in [1.29, 1.82) is 0 Å². The van der Waals surface area contributed by atoms with E-state index in [0.717, 1.165) is 0 Å². The number of rotatable bonds is 2. The highest BCUT2D eigenvalue weighted by Gasteiger charge is 2.20. The molecule has 1 heterocycles. The second-order valence-electron chi connectivity index (χ2n) is 7.18. The number of benzene rings is 3. The van der Waals surface area contributed by atoms with Crippen LogP contribution in [0.4, 0.5) is 0 Å². The van der Waals surface area contributed by atoms with Crippen molar-refractivity contribution in [3.63, 3.8) is 0 Å². The van der Waals surface area contributed by atoms with Gasteiger partial charge in [-0.15, -0.1) is 0 Å². The molecule has 0 atom stereocenters. The van der Waals surface area contributed by atoms with Gasteiger partial charge in [0.05, 0.1) is 5.39 Å². The second-order valence-corrected chi connectivity index (χ2v) is 7.18. The zero-order chi connectivity index (χ0) is 18.3. The molecule has 0 unspecified atom stereocenters. The summed E-state index contributed by atoms with van der Waals surface area (Å²) in [5, 5.41) is 2.59. The molecule has 26 heavy (non-hydrogen) atoms. The molecule has 0 spiro atoms. The van der Waals surface area contributed by atoms with E-state index in [0.29, 0.717) is 0 Å². The van der Waals surface area contributed by atoms with Gasteiger partial charge >= 0.3 is 0 Å². The van der Waals surface area contributed by atoms with Crippen molar-refractivity contribution < 1.29 is 4.57 Å². The van der Waals surface area contributed by atoms with Crippen molar-refractivity contribution in [1.82, 2.24) is 0 Å². The van der Waals surface area contributed by atoms with Crippen LogP contribution in [0.2, 0.25) is 0 Å². The Morgan fingerprint density at radius 1 is 0.692 bits per heavy atom. The molecule has 1 nitrogen and oxygen atoms in total. The van der Waals surface area contributed by atoms with E-state index in [2.05, 4.69) is 105 Å². The molecule has 0 aliphatic rings. The quantitative estimate of drug-likeness (QED) is 0.399. The summed E-state index contributed by atoms with van der Waals surface area (Å²) in [5.41, 5.74) is 8.99. The Morgan fingerprint density at radius 3 is 2.23 bits per heavy atom. The molecule has 0 aliphatic carbocycles. The minimum absolute atomic E-state index is 1.26. The number of hydrogen-bond donors (Lipinski definition) is 0. The van der Waals surface area contributed by atoms with E-state index in [9.17, 15) is 0 Å². The number of aryl methyl sites for hydroxylation is 3. The van der Waals surface area contributed by atoms with Gasteiger partial charge in [-0.1, -0.05) is 54.1 Å². The van der Waals surface area contributed by atoms with Gasteiger partial charge in [-0.05, 0) is 54.1 Å². The average molecular weight is 338 g/mol. The van der Waals surface area contributed by atoms with Crippen LogP contribution in [0.15, 0.2) is 72.8 Å². The topological polar surface area (TPSA) is 3.88 Å². The maximum Gasteiger partial charge on any atom is 0.220 e. The van der Waals surface area contributed by atoms with Gasteiger partial charge in [0.15, 0.2) is 5.69 Å². The first-order chi connectivity index (χ1) is 12.5. The molecule has 1 aromatic heterocycles. The highest BCUT2D eigenvalue weighted by Crippen LogP contribution is 2.32. The van der Waals surface area contributed by atoms with E-state index < -0.39 is 0 Å². The smallest absolute Gasteiger partial charge is 0.198 e. The number of nitrogens with zero attached hydrogens (tertiary/aromatic N) is 1. The lowest BCUT2D eigenvalue weighted by Crippen LogP contribution is -2.35. The zero-order valence-electron chi connectivity index (χ0n) is 15.9. The fraction of sp³-hybridized carbons (Fsp3) is 0.160. The number of aromatic nitrogens is 1. The first kappa shape index (κ1) is 16.5. The van der Waals surface area contributed by atoms with Gasteiger partial charge in [-0.2, -0.15) is 4.57 Å². The van der Waals surface area contributed by atoms with Crippen LogP contribution in [0.5, 0.6) is 0 Å². The molecule has 4 rings (SSSR count). The monoisotopic (exact) mass is 338 g/mol. The number of hydrogen-bond acceptors (Lipinski definition) is 0. The third kappa shape index (κ3) is 2.80. The van der Waals surface area contributed by atoms with Crippen LogP contribution in [-0.4, -0.2) is 0 Å². The lowest BCUT2D eigenvalue weighted by atomic mass is 9.95. The minimum atomic E-state index is 1.26. The lowest BCUT2D eigenvalue weighted by Gasteiger charge is -2.12. The maximum atomic E-state index is 2.31. The summed E-state index contributed by atoms with van der Waals surface area (Å²) < 4.78 is 2.31. The van der Waals surface area contributed by atoms with Crippen molar-refractivity contribution >= 4 is 10.8 Å². The molecular weight excluding hydrogens is 314 g/mol. The van der Waals surface area contributed by atoms with Gasteiger partial charge in [-0.3, -0.25) is 0 Å². The summed E-state index contributed by atoms with van der Waals surface area (Å²) in [6.45, 7) is 6.54. The predicted molar refractivity (Wildman–Crippen MR) is 110 cm³/mol. The van der Waals surface area contributed by atoms with Crippen LogP contribution >= 0.6 is 0 Å². The van der Waals surface area contributed by atoms with Crippen LogP contribution in [0.3, 0.4) is 0 Å². The number of pyridine rings is 1. The SMILES string of the molecule is Cc1ccc(C)c(-c2c3ccc(-c4ccccc4)cc3cc(C)[n+]2C)c1. The van der Waals surface area contributed by atoms with E-state index in [1.807, 2.05) is 0 Å². The van der Waals surface area contributed by atoms with E-state index in [1.165, 1.54) is 50.0 Å². The molecule has 0 bridgehead atoms. The maximum absolute atomic E-state index is 2.31. The highest BCUT2D eigenvalue weighted by atomic mass is 14.9. The fourth-order valence-corrected chi connectivity index (χ4v) is 3.70. The van der Waals surface area contributed by atoms with Crippen LogP contribution in [0, 0.1) is 20.8 Å². The van der Waals surface area contributed by atoms with Crippen molar-refractivity contribution in [2.24, 2.45) is 7.05 Å². The Hall–Kier alpha value is -2.93. The minimum Gasteiger partial charge on any atom is -0.198 e. The summed E-state index contributed by atoms with van der Waals surface area (Å²) in [4.78, 5) is 0. The Kier molecular flexibility index (Phi) is 4.08. The van der Waals surface area contributed by atoms with Crippen LogP contribution < -0.4 is 4.57 Å². The first-order valence-corrected chi connectivity index (χ1v) is 9.11. The summed E-state index contributed by atoms with van der Waals surface area (Å²) >= 11 is 0. The molecule has 1 heteroatoms. The Balaban J connectivity index is 2.01. The van der Waals surface area contributed by atoms with Crippen LogP contribution in [0.1, 0.15) is 16.8 Å². The third-order valence-corrected chi connectivity index (χ3v) is 5.29. The van der Waals surface area contributed by atoms with Gasteiger partial charge in [0.2, 0.25) is 5.69 Å². The van der Waals surface area contributed by atoms with E-state index in [4.69, 9.17) is 0 Å². The third-order valence-electron chi connectivity index (χ3n) is 5.29. The largest absolute Gasteiger partial charge is 0.220 e. The van der Waals surface area contributed by atoms with Crippen LogP contribution in [0.25, 0.3) is 33.2 Å². The molecule has 0 amide bonds. The van der Waals surface area contributed by atoms with Crippen LogP contribution in [-0.2, 0) is 7.05 Å². The Labute approximate surface area is 155 Å². The van der Waals surface area contributed by atoms with Crippen molar-refractivity contribution in [2.45, 2.75) is 20.8 Å². The van der Waals surface area contributed by atoms with E-state index in [1.54, 1.807) is 0 Å². The van der Waals surface area contributed by atoms with Crippen molar-refractivity contribution in [3.8, 4) is 22.4 Å². The first-order valence-electron chi connectivity index (χ1n) is 9.11. The highest BCUT2D eigenvalue weighted by molar-refractivity contribution is 5.96. The summed E-state index contributed by atoms with van der Waals surface area (Å²) in [6, 6.07) is 26.4. The average Bonchev–Trinajstić information content (AvgIpc) is 2.65. The molecule has 0 radical (unpaired) electrons. The lowest BCUT2D eigenvalue weighted by molar-refractivity contribution is -0.665. The number of fused-ring (bicyclic) bond motifs is 1. The fourth-order valence-electron chi connectivity index (χ4n) is 3.70. The van der Waals surface area contributed by atoms with Crippen molar-refractivity contribution in [2.75, 3.05) is 0 Å². The molecule has 0 saturated carbocycles. The second kappa shape index (κ2) is 6.42. The van der Waals surface area contributed by atoms with Gasteiger partial charge in [-0.25, -0.2) is 0 Å². The normalized spacial score (nSPS) is 11.1. The molecule has 0 saturated heterocycles. The van der Waals surface area contributed by atoms with Gasteiger partial charge in [0.25, 0.3) is 0 Å². The summed E-state index contributed by atoms with van der Waals surface area (Å²) in [6.07, 6.45) is 0. The van der Waals surface area contributed by atoms with Gasteiger partial charge in [0.1, 0.15) is 7.05 Å². The standard InChI is InChI=1S/C25H24N/c1-17-10-11-18(2)24(14-17)25-23-13-12-21(20-8-6-5-7-9-20)16-22(23)15-19(3)26(25)4/h5-16H,1-4H3/q+1. The predicted octanol–water partition coefficient (Wildman–Crippen LogP) is 5.92. The molecule has 0 N–H and O–H groups in total. The van der Waals surface area contributed by atoms with Gasteiger partial charge in [0, 0.05) is 18.6 Å². The Morgan fingerprint density at radius 2 is 1.46 bits per heavy atom. The summed E-state index contributed by atoms with van der Waals surface area (Å²) in [7, 11) is 2.16. The molecule has 4 aromatic rings. The molecule has 128 valence electrons. The molecular formula is C25H24N+. The summed E-state index contributed by atoms with van der Waals surface area (Å²) in [5.74, 6) is 0. The Bertz CT molecular complexity index is 1110. The van der Waals surface area contributed by atoms with Crippen molar-refractivity contribution in [3.05, 3.63) is 89.6 Å². The molecule has 3 aromatic carbocycles. The van der Waals surface area contributed by atoms with E-state index in [-0.39, 0.29) is 0 Å². The van der Waals surface area contributed by atoms with Gasteiger partial charge < -0.3 is 0 Å². The van der Waals surface area contributed by atoms with E-state index >= 15 is 0 Å². The molecule has 0 fully saturated rings.